The van der Waals surface area contributed by atoms with Crippen LogP contribution in [0.5, 0.6) is 0 Å². The number of hydrogen-bond donors (Lipinski definition) is 1. The molecule has 134 valence electrons. The monoisotopic (exact) mass is 347 g/mol. The van der Waals surface area contributed by atoms with Crippen molar-refractivity contribution in [3.63, 3.8) is 0 Å². The molecule has 0 bridgehead atoms. The molecule has 2 aliphatic rings. The molecule has 2 atom stereocenters. The Hall–Kier alpha value is -2.15. The number of carboxylic acid groups (broad SMARTS) is 1. The van der Waals surface area contributed by atoms with E-state index in [-0.39, 0.29) is 11.9 Å². The lowest BCUT2D eigenvalue weighted by molar-refractivity contribution is -0.150. The summed E-state index contributed by atoms with van der Waals surface area (Å²) < 4.78 is 21.6. The van der Waals surface area contributed by atoms with Gasteiger partial charge in [-0.15, -0.1) is 0 Å². The summed E-state index contributed by atoms with van der Waals surface area (Å²) >= 11 is 0. The number of nitrogens with zero attached hydrogens (tertiary/aromatic N) is 3. The van der Waals surface area contributed by atoms with Gasteiger partial charge in [0.25, 0.3) is 0 Å². The van der Waals surface area contributed by atoms with E-state index in [4.69, 9.17) is 9.84 Å². The van der Waals surface area contributed by atoms with Crippen molar-refractivity contribution in [3.8, 4) is 0 Å². The summed E-state index contributed by atoms with van der Waals surface area (Å²) in [6, 6.07) is 5.01. The van der Waals surface area contributed by atoms with Crippen molar-refractivity contribution in [1.29, 1.82) is 0 Å². The summed E-state index contributed by atoms with van der Waals surface area (Å²) in [6.45, 7) is 1.64. The molecule has 7 heteroatoms. The van der Waals surface area contributed by atoms with E-state index >= 15 is 0 Å². The fraction of sp³-hybridized carbons (Fsp3) is 0.556. The van der Waals surface area contributed by atoms with Crippen molar-refractivity contribution in [3.05, 3.63) is 24.0 Å². The van der Waals surface area contributed by atoms with Crippen LogP contribution in [0.25, 0.3) is 11.0 Å². The molecule has 1 N–H and O–H groups in total. The molecule has 2 saturated heterocycles. The van der Waals surface area contributed by atoms with E-state index in [9.17, 15) is 9.18 Å². The average molecular weight is 347 g/mol. The minimum Gasteiger partial charge on any atom is -0.479 e. The fourth-order valence-electron chi connectivity index (χ4n) is 4.11. The minimum absolute atomic E-state index is 0.0427. The van der Waals surface area contributed by atoms with Crippen molar-refractivity contribution in [2.75, 3.05) is 18.0 Å². The van der Waals surface area contributed by atoms with Gasteiger partial charge in [0.15, 0.2) is 11.9 Å². The Labute approximate surface area is 145 Å². The smallest absolute Gasteiger partial charge is 0.332 e. The zero-order chi connectivity index (χ0) is 17.6. The highest BCUT2D eigenvalue weighted by molar-refractivity contribution is 5.79. The molecular formula is C18H22FN3O3. The maximum Gasteiger partial charge on any atom is 0.332 e. The summed E-state index contributed by atoms with van der Waals surface area (Å²) in [6.07, 6.45) is 2.68. The number of para-hydroxylation sites is 1. The van der Waals surface area contributed by atoms with E-state index in [2.05, 4.69) is 9.88 Å². The highest BCUT2D eigenvalue weighted by Crippen LogP contribution is 2.33. The van der Waals surface area contributed by atoms with Crippen LogP contribution >= 0.6 is 0 Å². The Morgan fingerprint density at radius 1 is 1.28 bits per heavy atom. The number of carbonyl (C=O) groups is 1. The topological polar surface area (TPSA) is 67.6 Å². The second-order valence-corrected chi connectivity index (χ2v) is 6.98. The third-order valence-electron chi connectivity index (χ3n) is 5.51. The van der Waals surface area contributed by atoms with Crippen molar-refractivity contribution in [2.24, 2.45) is 13.0 Å². The summed E-state index contributed by atoms with van der Waals surface area (Å²) in [5, 5.41) is 9.07. The molecule has 0 unspecified atom stereocenters. The molecule has 2 aromatic rings. The van der Waals surface area contributed by atoms with E-state index in [1.165, 1.54) is 6.07 Å². The number of ether oxygens (including phenoxy) is 1. The number of aryl methyl sites for hydroxylation is 1. The second-order valence-electron chi connectivity index (χ2n) is 6.98. The van der Waals surface area contributed by atoms with Crippen molar-refractivity contribution >= 4 is 23.0 Å². The van der Waals surface area contributed by atoms with Gasteiger partial charge < -0.3 is 19.3 Å². The molecule has 6 nitrogen and oxygen atoms in total. The number of aliphatic carboxylic acids is 1. The predicted octanol–water partition coefficient (Wildman–Crippen LogP) is 2.56. The molecule has 4 rings (SSSR count). The third-order valence-corrected chi connectivity index (χ3v) is 5.51. The fourth-order valence-corrected chi connectivity index (χ4v) is 4.11. The first-order valence-corrected chi connectivity index (χ1v) is 8.78. The lowest BCUT2D eigenvalue weighted by Gasteiger charge is -2.35. The summed E-state index contributed by atoms with van der Waals surface area (Å²) in [5.74, 6) is 0.0105. The lowest BCUT2D eigenvalue weighted by atomic mass is 9.90. The third kappa shape index (κ3) is 2.86. The van der Waals surface area contributed by atoms with E-state index in [0.717, 1.165) is 43.8 Å². The quantitative estimate of drug-likeness (QED) is 0.924. The molecule has 0 saturated carbocycles. The van der Waals surface area contributed by atoms with Crippen LogP contribution in [-0.4, -0.2) is 45.9 Å². The predicted molar refractivity (Wildman–Crippen MR) is 91.1 cm³/mol. The zero-order valence-electron chi connectivity index (χ0n) is 14.2. The van der Waals surface area contributed by atoms with Crippen molar-refractivity contribution < 1.29 is 19.0 Å². The first kappa shape index (κ1) is 16.3. The number of anilines is 1. The van der Waals surface area contributed by atoms with Gasteiger partial charge in [-0.2, -0.15) is 0 Å². The molecule has 1 aromatic heterocycles. The highest BCUT2D eigenvalue weighted by Gasteiger charge is 2.37. The Kier molecular flexibility index (Phi) is 4.11. The molecule has 0 radical (unpaired) electrons. The van der Waals surface area contributed by atoms with Gasteiger partial charge in [0, 0.05) is 20.1 Å². The van der Waals surface area contributed by atoms with Crippen LogP contribution < -0.4 is 4.90 Å². The van der Waals surface area contributed by atoms with Gasteiger partial charge in [-0.1, -0.05) is 6.07 Å². The molecule has 3 heterocycles. The number of imidazole rings is 1. The van der Waals surface area contributed by atoms with Gasteiger partial charge >= 0.3 is 5.97 Å². The number of aromatic nitrogens is 2. The summed E-state index contributed by atoms with van der Waals surface area (Å²) in [7, 11) is 1.91. The summed E-state index contributed by atoms with van der Waals surface area (Å²) in [4.78, 5) is 17.7. The SMILES string of the molecule is Cn1c(N2CCC([C@@H]3CC[C@H](C(=O)O)O3)CC2)nc2c(F)cccc21. The Morgan fingerprint density at radius 3 is 2.68 bits per heavy atom. The summed E-state index contributed by atoms with van der Waals surface area (Å²) in [5.41, 5.74) is 1.20. The van der Waals surface area contributed by atoms with Crippen LogP contribution in [0.3, 0.4) is 0 Å². The molecule has 0 spiro atoms. The molecular weight excluding hydrogens is 325 g/mol. The number of fused-ring (bicyclic) bond motifs is 1. The zero-order valence-corrected chi connectivity index (χ0v) is 14.2. The minimum atomic E-state index is -0.860. The molecule has 25 heavy (non-hydrogen) atoms. The van der Waals surface area contributed by atoms with Gasteiger partial charge in [-0.3, -0.25) is 0 Å². The number of rotatable bonds is 3. The average Bonchev–Trinajstić information content (AvgIpc) is 3.22. The van der Waals surface area contributed by atoms with Crippen LogP contribution in [0.1, 0.15) is 25.7 Å². The number of piperidine rings is 1. The van der Waals surface area contributed by atoms with E-state index < -0.39 is 12.1 Å². The van der Waals surface area contributed by atoms with Crippen molar-refractivity contribution in [2.45, 2.75) is 37.9 Å². The lowest BCUT2D eigenvalue weighted by Crippen LogP contribution is -2.39. The van der Waals surface area contributed by atoms with Gasteiger partial charge in [-0.25, -0.2) is 14.2 Å². The van der Waals surface area contributed by atoms with Crippen LogP contribution in [0.4, 0.5) is 10.3 Å². The van der Waals surface area contributed by atoms with Crippen LogP contribution in [0, 0.1) is 11.7 Å². The standard InChI is InChI=1S/C18H22FN3O3/c1-21-13-4-2-3-12(19)16(13)20-18(21)22-9-7-11(8-10-22)14-5-6-15(25-14)17(23)24/h2-4,11,14-15H,5-10H2,1H3,(H,23,24)/t14-,15+/m0/s1. The number of hydrogen-bond acceptors (Lipinski definition) is 4. The van der Waals surface area contributed by atoms with Crippen LogP contribution in [0.15, 0.2) is 18.2 Å². The van der Waals surface area contributed by atoms with Gasteiger partial charge in [-0.05, 0) is 43.7 Å². The first-order valence-electron chi connectivity index (χ1n) is 8.78. The van der Waals surface area contributed by atoms with Crippen LogP contribution in [-0.2, 0) is 16.6 Å². The Bertz CT molecular complexity index is 798. The number of benzene rings is 1. The van der Waals surface area contributed by atoms with E-state index in [0.29, 0.717) is 17.9 Å². The normalized spacial score (nSPS) is 25.0. The van der Waals surface area contributed by atoms with Crippen molar-refractivity contribution in [1.82, 2.24) is 9.55 Å². The van der Waals surface area contributed by atoms with Crippen LogP contribution in [0.2, 0.25) is 0 Å². The maximum absolute atomic E-state index is 14.0. The second kappa shape index (κ2) is 6.29. The molecule has 0 amide bonds. The Morgan fingerprint density at radius 2 is 2.04 bits per heavy atom. The number of carboxylic acids is 1. The maximum atomic E-state index is 14.0. The molecule has 1 aromatic carbocycles. The van der Waals surface area contributed by atoms with Gasteiger partial charge in [0.05, 0.1) is 11.6 Å². The largest absolute Gasteiger partial charge is 0.479 e. The molecule has 2 aliphatic heterocycles. The molecule has 2 fully saturated rings. The first-order chi connectivity index (χ1) is 12.0. The van der Waals surface area contributed by atoms with Gasteiger partial charge in [0.2, 0.25) is 5.95 Å². The highest BCUT2D eigenvalue weighted by atomic mass is 19.1. The molecule has 0 aliphatic carbocycles. The van der Waals surface area contributed by atoms with E-state index in [1.807, 2.05) is 17.7 Å². The van der Waals surface area contributed by atoms with E-state index in [1.54, 1.807) is 6.07 Å². The Balaban J connectivity index is 1.45. The number of halogens is 1. The van der Waals surface area contributed by atoms with Gasteiger partial charge in [0.1, 0.15) is 5.52 Å².